The van der Waals surface area contributed by atoms with Gasteiger partial charge in [-0.1, -0.05) is 52.2 Å². The maximum Gasteiger partial charge on any atom is 0.288 e. The first-order valence-corrected chi connectivity index (χ1v) is 14.0. The van der Waals surface area contributed by atoms with Crippen LogP contribution in [0.25, 0.3) is 0 Å². The molecule has 0 fully saturated rings. The van der Waals surface area contributed by atoms with Crippen molar-refractivity contribution in [3.63, 3.8) is 0 Å². The molecule has 0 N–H and O–H groups in total. The van der Waals surface area contributed by atoms with Crippen molar-refractivity contribution in [3.8, 4) is 0 Å². The molecule has 0 aromatic carbocycles. The Balaban J connectivity index is 4.07. The van der Waals surface area contributed by atoms with E-state index >= 15 is 0 Å². The second-order valence-electron chi connectivity index (χ2n) is 8.84. The van der Waals surface area contributed by atoms with Crippen LogP contribution in [0.4, 0.5) is 0 Å². The molecule has 0 nitrogen and oxygen atoms in total. The van der Waals surface area contributed by atoms with Crippen LogP contribution in [0.2, 0.25) is 11.6 Å². The van der Waals surface area contributed by atoms with Gasteiger partial charge in [0.25, 0.3) is 14.1 Å². The summed E-state index contributed by atoms with van der Waals surface area (Å²) in [6.45, 7) is 13.5. The number of allylic oxidation sites excluding steroid dienone is 9. The summed E-state index contributed by atoms with van der Waals surface area (Å²) >= 11 is -0.549. The van der Waals surface area contributed by atoms with Crippen molar-refractivity contribution in [1.29, 1.82) is 0 Å². The first-order chi connectivity index (χ1) is 12.7. The van der Waals surface area contributed by atoms with Gasteiger partial charge in [-0.05, 0) is 92.9 Å². The van der Waals surface area contributed by atoms with E-state index in [0.29, 0.717) is 0 Å². The molecule has 0 unspecified atom stereocenters. The van der Waals surface area contributed by atoms with Gasteiger partial charge in [-0.15, -0.1) is 16.5 Å². The van der Waals surface area contributed by atoms with Crippen LogP contribution < -0.4 is 0 Å². The Morgan fingerprint density at radius 2 is 0.852 bits per heavy atom. The highest BCUT2D eigenvalue weighted by Gasteiger charge is 1.98. The lowest BCUT2D eigenvalue weighted by Crippen LogP contribution is -1.95. The van der Waals surface area contributed by atoms with E-state index in [1.165, 1.54) is 68.1 Å². The van der Waals surface area contributed by atoms with E-state index in [0.717, 1.165) is 0 Å². The predicted molar refractivity (Wildman–Crippen MR) is 129 cm³/mol. The summed E-state index contributed by atoms with van der Waals surface area (Å²) < 4.78 is 0. The first-order valence-electron chi connectivity index (χ1n) is 11.0. The van der Waals surface area contributed by atoms with Crippen LogP contribution in [0, 0.1) is 0 Å². The molecule has 0 amide bonds. The number of hydrogen-bond donors (Lipinski definition) is 0. The van der Waals surface area contributed by atoms with Gasteiger partial charge in [-0.2, -0.15) is 0 Å². The van der Waals surface area contributed by atoms with Crippen LogP contribution in [0.5, 0.6) is 0 Å². The van der Waals surface area contributed by atoms with Crippen molar-refractivity contribution in [2.75, 3.05) is 0 Å². The van der Waals surface area contributed by atoms with Gasteiger partial charge in [0, 0.05) is 0 Å². The Bertz CT molecular complexity index is 549. The molecule has 0 aliphatic rings. The van der Waals surface area contributed by atoms with Crippen LogP contribution in [-0.2, 0) is 0 Å². The van der Waals surface area contributed by atoms with E-state index in [4.69, 9.17) is 0 Å². The fraction of sp³-hybridized carbons (Fsp3) is 0.615. The van der Waals surface area contributed by atoms with Crippen molar-refractivity contribution in [2.24, 2.45) is 0 Å². The summed E-state index contributed by atoms with van der Waals surface area (Å²) in [7, 11) is 0. The van der Waals surface area contributed by atoms with Crippen LogP contribution in [0.15, 0.2) is 57.1 Å². The average Bonchev–Trinajstić information content (AvgIpc) is 2.53. The molecular weight excluding hydrogens is 339 g/mol. The zero-order chi connectivity index (χ0) is 20.7. The molecule has 0 spiro atoms. The standard InChI is InChI=1S/C24H39.2CH3.Al/c1-20(2)12-8-14-22(5)16-10-18-24(7)19-11-17-23(6)15-9-13-21(3)4;;;/h1,13-14,17-18H,8-12,15-16,19H2,2-7H3;2*1H3;/b20-1?,22-14+,23-17+,24-18+;;;. The SMILES string of the molecule is CC(C)=CCC/C(C)=C/CC/C(C)=C/CC/C(C)=C/CC/C(C)=[CH]/[Al]([CH3])[CH3]. The van der Waals surface area contributed by atoms with Crippen LogP contribution in [0.1, 0.15) is 92.9 Å². The molecule has 0 aliphatic heterocycles. The fourth-order valence-electron chi connectivity index (χ4n) is 3.19. The Kier molecular flexibility index (Phi) is 15.8. The highest BCUT2D eigenvalue weighted by Crippen LogP contribution is 2.14. The maximum absolute atomic E-state index is 2.52. The van der Waals surface area contributed by atoms with Crippen LogP contribution in [-0.4, -0.2) is 14.1 Å². The van der Waals surface area contributed by atoms with Crippen molar-refractivity contribution in [2.45, 2.75) is 104 Å². The Morgan fingerprint density at radius 3 is 1.19 bits per heavy atom. The van der Waals surface area contributed by atoms with Crippen molar-refractivity contribution < 1.29 is 0 Å². The monoisotopic (exact) mass is 384 g/mol. The maximum atomic E-state index is 2.52. The lowest BCUT2D eigenvalue weighted by molar-refractivity contribution is 0.891. The molecular formula is C26H45Al. The molecule has 1 heteroatoms. The molecule has 0 aromatic rings. The minimum absolute atomic E-state index is 0.549. The zero-order valence-electron chi connectivity index (χ0n) is 19.6. The van der Waals surface area contributed by atoms with Gasteiger partial charge < -0.3 is 0 Å². The van der Waals surface area contributed by atoms with E-state index in [2.05, 4.69) is 82.4 Å². The third-order valence-electron chi connectivity index (χ3n) is 4.80. The average molecular weight is 385 g/mol. The third kappa shape index (κ3) is 18.4. The van der Waals surface area contributed by atoms with Crippen molar-refractivity contribution in [1.82, 2.24) is 0 Å². The lowest BCUT2D eigenvalue weighted by Gasteiger charge is -2.03. The zero-order valence-corrected chi connectivity index (χ0v) is 20.8. The predicted octanol–water partition coefficient (Wildman–Crippen LogP) is 9.15. The van der Waals surface area contributed by atoms with E-state index in [9.17, 15) is 0 Å². The summed E-state index contributed by atoms with van der Waals surface area (Å²) in [5, 5.41) is 0. The number of rotatable bonds is 13. The molecule has 0 atom stereocenters. The Hall–Kier alpha value is -0.768. The highest BCUT2D eigenvalue weighted by molar-refractivity contribution is 6.61. The highest BCUT2D eigenvalue weighted by atomic mass is 27.2. The Morgan fingerprint density at radius 1 is 0.519 bits per heavy atom. The molecule has 0 saturated carbocycles. The third-order valence-corrected chi connectivity index (χ3v) is 6.04. The number of hydrogen-bond acceptors (Lipinski definition) is 0. The molecule has 0 bridgehead atoms. The molecule has 27 heavy (non-hydrogen) atoms. The minimum Gasteiger partial charge on any atom is -0.146 e. The smallest absolute Gasteiger partial charge is 0.146 e. The summed E-state index contributed by atoms with van der Waals surface area (Å²) in [4.78, 5) is 2.52. The molecule has 152 valence electrons. The second kappa shape index (κ2) is 16.2. The van der Waals surface area contributed by atoms with Crippen molar-refractivity contribution in [3.05, 3.63) is 57.1 Å². The van der Waals surface area contributed by atoms with Gasteiger partial charge in [0.15, 0.2) is 0 Å². The van der Waals surface area contributed by atoms with Gasteiger partial charge in [-0.25, -0.2) is 0 Å². The largest absolute Gasteiger partial charge is 0.288 e. The van der Waals surface area contributed by atoms with Crippen LogP contribution in [0.3, 0.4) is 0 Å². The molecule has 0 rings (SSSR count). The van der Waals surface area contributed by atoms with E-state index < -0.39 is 14.1 Å². The molecule has 0 saturated heterocycles. The lowest BCUT2D eigenvalue weighted by atomic mass is 10.0. The van der Waals surface area contributed by atoms with E-state index in [1.807, 2.05) is 0 Å². The fourth-order valence-corrected chi connectivity index (χ4v) is 4.49. The van der Waals surface area contributed by atoms with Crippen molar-refractivity contribution >= 4 is 14.1 Å². The summed E-state index contributed by atoms with van der Waals surface area (Å²) in [6, 6.07) is 0. The van der Waals surface area contributed by atoms with E-state index in [1.54, 1.807) is 11.1 Å². The van der Waals surface area contributed by atoms with Crippen LogP contribution >= 0.6 is 0 Å². The molecule has 0 heterocycles. The van der Waals surface area contributed by atoms with E-state index in [-0.39, 0.29) is 0 Å². The summed E-state index contributed by atoms with van der Waals surface area (Å²) in [5.41, 5.74) is 7.62. The quantitative estimate of drug-likeness (QED) is 0.219. The molecule has 0 radical (unpaired) electrons. The van der Waals surface area contributed by atoms with Gasteiger partial charge in [0.1, 0.15) is 0 Å². The van der Waals surface area contributed by atoms with Gasteiger partial charge in [0.05, 0.1) is 0 Å². The van der Waals surface area contributed by atoms with Gasteiger partial charge in [-0.3, -0.25) is 0 Å². The van der Waals surface area contributed by atoms with Gasteiger partial charge >= 0.3 is 0 Å². The summed E-state index contributed by atoms with van der Waals surface area (Å²) in [5.74, 6) is 4.78. The molecule has 0 aliphatic carbocycles. The van der Waals surface area contributed by atoms with Gasteiger partial charge in [0.2, 0.25) is 0 Å². The molecule has 0 aromatic heterocycles. The summed E-state index contributed by atoms with van der Waals surface area (Å²) in [6.07, 6.45) is 19.2. The topological polar surface area (TPSA) is 0 Å². The first kappa shape index (κ1) is 26.2. The Labute approximate surface area is 175 Å². The normalized spacial score (nSPS) is 13.8. The second-order valence-corrected chi connectivity index (χ2v) is 11.7. The minimum atomic E-state index is -0.549.